The normalized spacial score (nSPS) is 25.6. The number of hydrogen-bond donors (Lipinski definition) is 1. The smallest absolute Gasteiger partial charge is 0.423 e. The van der Waals surface area contributed by atoms with Gasteiger partial charge in [-0.3, -0.25) is 0 Å². The number of aromatic nitrogens is 5. The molecule has 3 atom stereocenters. The summed E-state index contributed by atoms with van der Waals surface area (Å²) in [7, 11) is 0. The van der Waals surface area contributed by atoms with Crippen LogP contribution in [-0.4, -0.2) is 56.3 Å². The van der Waals surface area contributed by atoms with Gasteiger partial charge in [-0.25, -0.2) is 4.98 Å². The van der Waals surface area contributed by atoms with Crippen LogP contribution in [0.25, 0.3) is 0 Å². The Hall–Kier alpha value is -2.64. The maximum Gasteiger partial charge on any atom is 0.423 e. The minimum absolute atomic E-state index is 0.000649. The second-order valence-electron chi connectivity index (χ2n) is 9.20. The average Bonchev–Trinajstić information content (AvgIpc) is 3.19. The summed E-state index contributed by atoms with van der Waals surface area (Å²) in [5.74, 6) is -1.81. The average molecular weight is 506 g/mol. The summed E-state index contributed by atoms with van der Waals surface area (Å²) < 4.78 is 92.3. The number of ether oxygens (including phenoxy) is 2. The molecule has 0 amide bonds. The second-order valence-corrected chi connectivity index (χ2v) is 9.20. The lowest BCUT2D eigenvalue weighted by Gasteiger charge is -2.31. The minimum Gasteiger partial charge on any atom is -0.469 e. The predicted octanol–water partition coefficient (Wildman–Crippen LogP) is 4.44. The highest BCUT2D eigenvalue weighted by molar-refractivity contribution is 5.36. The number of nitrogens with zero attached hydrogens (tertiary/aromatic N) is 5. The fourth-order valence-electron chi connectivity index (χ4n) is 4.91. The van der Waals surface area contributed by atoms with Crippen molar-refractivity contribution in [2.24, 2.45) is 0 Å². The maximum absolute atomic E-state index is 13.4. The number of fused-ring (bicyclic) bond motifs is 1. The first-order valence-electron chi connectivity index (χ1n) is 11.5. The van der Waals surface area contributed by atoms with E-state index < -0.39 is 35.8 Å². The summed E-state index contributed by atoms with van der Waals surface area (Å²) in [4.78, 5) is 7.81. The molecule has 2 fully saturated rings. The van der Waals surface area contributed by atoms with Crippen LogP contribution in [0.15, 0.2) is 6.20 Å². The molecule has 2 aromatic heterocycles. The molecule has 0 radical (unpaired) electrons. The van der Waals surface area contributed by atoms with Gasteiger partial charge in [0.25, 0.3) is 0 Å². The first-order valence-corrected chi connectivity index (χ1v) is 11.5. The molecule has 5 rings (SSSR count). The van der Waals surface area contributed by atoms with Crippen LogP contribution in [0.1, 0.15) is 67.6 Å². The van der Waals surface area contributed by atoms with Gasteiger partial charge in [0, 0.05) is 24.7 Å². The Kier molecular flexibility index (Phi) is 6.26. The van der Waals surface area contributed by atoms with Gasteiger partial charge in [-0.2, -0.15) is 31.3 Å². The van der Waals surface area contributed by atoms with Crippen LogP contribution in [-0.2, 0) is 17.5 Å². The Morgan fingerprint density at radius 2 is 1.77 bits per heavy atom. The van der Waals surface area contributed by atoms with Crippen LogP contribution in [0.5, 0.6) is 5.88 Å². The van der Waals surface area contributed by atoms with Crippen molar-refractivity contribution in [3.05, 3.63) is 23.4 Å². The fraction of sp³-hybridized carbons (Fsp3) is 0.714. The molecule has 14 heteroatoms. The molecule has 4 heterocycles. The van der Waals surface area contributed by atoms with E-state index >= 15 is 0 Å². The number of nitrogens with one attached hydrogen (secondary N) is 1. The van der Waals surface area contributed by atoms with Crippen molar-refractivity contribution in [3.8, 4) is 5.88 Å². The first kappa shape index (κ1) is 24.1. The molecule has 0 spiro atoms. The Morgan fingerprint density at radius 3 is 2.46 bits per heavy atom. The van der Waals surface area contributed by atoms with E-state index in [1.165, 1.54) is 0 Å². The Balaban J connectivity index is 1.32. The second kappa shape index (κ2) is 9.10. The highest BCUT2D eigenvalue weighted by atomic mass is 19.4. The molecule has 2 aromatic rings. The van der Waals surface area contributed by atoms with Crippen LogP contribution in [0.3, 0.4) is 0 Å². The molecule has 1 saturated carbocycles. The van der Waals surface area contributed by atoms with Gasteiger partial charge in [0.1, 0.15) is 29.2 Å². The lowest BCUT2D eigenvalue weighted by molar-refractivity contribution is -0.156. The van der Waals surface area contributed by atoms with Crippen LogP contribution < -0.4 is 10.1 Å². The van der Waals surface area contributed by atoms with Crippen molar-refractivity contribution in [1.29, 1.82) is 0 Å². The van der Waals surface area contributed by atoms with E-state index in [9.17, 15) is 26.3 Å². The van der Waals surface area contributed by atoms with Crippen molar-refractivity contribution in [2.45, 2.75) is 81.4 Å². The van der Waals surface area contributed by atoms with Crippen molar-refractivity contribution >= 4 is 5.95 Å². The Morgan fingerprint density at radius 1 is 1.00 bits per heavy atom. The first-order chi connectivity index (χ1) is 16.6. The number of hydrogen-bond acceptors (Lipinski definition) is 7. The zero-order valence-corrected chi connectivity index (χ0v) is 18.6. The topological polar surface area (TPSA) is 87.0 Å². The predicted molar refractivity (Wildman–Crippen MR) is 109 cm³/mol. The molecule has 0 aromatic carbocycles. The van der Waals surface area contributed by atoms with Crippen molar-refractivity contribution in [2.75, 3.05) is 18.5 Å². The summed E-state index contributed by atoms with van der Waals surface area (Å²) in [6.07, 6.45) is -5.74. The molecule has 3 aliphatic rings. The van der Waals surface area contributed by atoms with Crippen molar-refractivity contribution in [3.63, 3.8) is 0 Å². The van der Waals surface area contributed by atoms with Gasteiger partial charge in [0.2, 0.25) is 11.8 Å². The zero-order chi connectivity index (χ0) is 24.8. The molecule has 2 aliphatic heterocycles. The van der Waals surface area contributed by atoms with Gasteiger partial charge in [0.05, 0.1) is 13.2 Å². The number of halogens is 6. The lowest BCUT2D eigenvalue weighted by Crippen LogP contribution is -2.39. The molecule has 1 saturated heterocycles. The maximum atomic E-state index is 13.4. The fourth-order valence-corrected chi connectivity index (χ4v) is 4.91. The standard InChI is InChI=1S/C21H24F6N6O2/c22-20(23,24)14-5-2-6-33-16(31-32-17(14)33)11-3-1-4-12(7-11)29-19-28-8-15(21(25,26)27)18(30-19)35-13-9-34-10-13/h8,11-14H,1-7,9-10H2,(H,28,29,30)/t11-,12+,14?/m0/s1. The van der Waals surface area contributed by atoms with E-state index in [-0.39, 0.29) is 43.4 Å². The van der Waals surface area contributed by atoms with E-state index in [0.717, 1.165) is 12.8 Å². The molecule has 8 nitrogen and oxygen atoms in total. The molecule has 0 bridgehead atoms. The number of alkyl halides is 6. The molecule has 1 aliphatic carbocycles. The summed E-state index contributed by atoms with van der Waals surface area (Å²) in [6.45, 7) is 0.810. The largest absolute Gasteiger partial charge is 0.469 e. The SMILES string of the molecule is FC(F)(F)c1cnc(N[C@@H]2CCC[C@H](c3nnc4n3CCCC4C(F)(F)F)C2)nc1OC1COC1. The summed E-state index contributed by atoms with van der Waals surface area (Å²) in [5.41, 5.74) is -1.06. The van der Waals surface area contributed by atoms with Gasteiger partial charge in [-0.15, -0.1) is 10.2 Å². The third-order valence-corrected chi connectivity index (χ3v) is 6.71. The molecule has 192 valence electrons. The van der Waals surface area contributed by atoms with E-state index in [4.69, 9.17) is 9.47 Å². The summed E-state index contributed by atoms with van der Waals surface area (Å²) in [5, 5.41) is 11.1. The highest BCUT2D eigenvalue weighted by Gasteiger charge is 2.46. The van der Waals surface area contributed by atoms with Gasteiger partial charge in [0.15, 0.2) is 0 Å². The Bertz CT molecular complexity index is 1050. The van der Waals surface area contributed by atoms with Crippen LogP contribution in [0.4, 0.5) is 32.3 Å². The van der Waals surface area contributed by atoms with Crippen molar-refractivity contribution in [1.82, 2.24) is 24.7 Å². The van der Waals surface area contributed by atoms with Gasteiger partial charge >= 0.3 is 12.4 Å². The van der Waals surface area contributed by atoms with Gasteiger partial charge < -0.3 is 19.4 Å². The lowest BCUT2D eigenvalue weighted by atomic mass is 9.85. The number of anilines is 1. The minimum atomic E-state index is -4.67. The molecule has 1 unspecified atom stereocenters. The molecule has 1 N–H and O–H groups in total. The van der Waals surface area contributed by atoms with Crippen molar-refractivity contribution < 1.29 is 35.8 Å². The highest BCUT2D eigenvalue weighted by Crippen LogP contribution is 2.42. The van der Waals surface area contributed by atoms with E-state index in [2.05, 4.69) is 25.5 Å². The Labute approximate surface area is 196 Å². The van der Waals surface area contributed by atoms with E-state index in [0.29, 0.717) is 37.8 Å². The van der Waals surface area contributed by atoms with Gasteiger partial charge in [-0.1, -0.05) is 6.42 Å². The molecular weight excluding hydrogens is 482 g/mol. The summed E-state index contributed by atoms with van der Waals surface area (Å²) >= 11 is 0. The number of rotatable bonds is 5. The summed E-state index contributed by atoms with van der Waals surface area (Å²) in [6, 6.07) is -0.194. The molecular formula is C21H24F6N6O2. The van der Waals surface area contributed by atoms with E-state index in [1.54, 1.807) is 4.57 Å². The quantitative estimate of drug-likeness (QED) is 0.600. The van der Waals surface area contributed by atoms with Crippen LogP contribution >= 0.6 is 0 Å². The van der Waals surface area contributed by atoms with Crippen LogP contribution in [0.2, 0.25) is 0 Å². The third-order valence-electron chi connectivity index (χ3n) is 6.71. The zero-order valence-electron chi connectivity index (χ0n) is 18.6. The monoisotopic (exact) mass is 506 g/mol. The van der Waals surface area contributed by atoms with Gasteiger partial charge in [-0.05, 0) is 32.1 Å². The van der Waals surface area contributed by atoms with E-state index in [1.807, 2.05) is 0 Å². The third kappa shape index (κ3) is 5.02. The molecule has 35 heavy (non-hydrogen) atoms. The van der Waals surface area contributed by atoms with Crippen LogP contribution in [0, 0.1) is 0 Å².